The van der Waals surface area contributed by atoms with E-state index in [4.69, 9.17) is 0 Å². The lowest BCUT2D eigenvalue weighted by Crippen LogP contribution is -2.38. The molecule has 0 aromatic carbocycles. The number of nitrogens with one attached hydrogen (secondary N) is 3. The number of hydrogen-bond acceptors (Lipinski definition) is 5. The van der Waals surface area contributed by atoms with Gasteiger partial charge in [-0.05, 0) is 6.92 Å². The quantitative estimate of drug-likeness (QED) is 0.640. The number of H-pyrrole nitrogens is 1. The van der Waals surface area contributed by atoms with Gasteiger partial charge in [0, 0.05) is 12.8 Å². The monoisotopic (exact) mass is 236 g/mol. The molecule has 0 saturated carbocycles. The Morgan fingerprint density at radius 3 is 2.94 bits per heavy atom. The number of hydrogen-bond donors (Lipinski definition) is 3. The van der Waals surface area contributed by atoms with Crippen LogP contribution in [-0.2, 0) is 9.59 Å². The lowest BCUT2D eigenvalue weighted by Gasteiger charge is -2.14. The first-order chi connectivity index (χ1) is 8.16. The average Bonchev–Trinajstić information content (AvgIpc) is 2.83. The van der Waals surface area contributed by atoms with Crippen LogP contribution in [0.2, 0.25) is 0 Å². The third-order valence-corrected chi connectivity index (χ3v) is 2.36. The maximum atomic E-state index is 11.8. The number of carbonyl (C=O) groups excluding carboxylic acids is 2. The molecule has 8 heteroatoms. The average molecular weight is 236 g/mol. The highest BCUT2D eigenvalue weighted by atomic mass is 16.2. The second kappa shape index (κ2) is 4.73. The molecule has 0 fully saturated rings. The van der Waals surface area contributed by atoms with Crippen molar-refractivity contribution in [2.75, 3.05) is 0 Å². The van der Waals surface area contributed by atoms with Crippen LogP contribution in [0.15, 0.2) is 11.4 Å². The van der Waals surface area contributed by atoms with E-state index in [-0.39, 0.29) is 24.3 Å². The summed E-state index contributed by atoms with van der Waals surface area (Å²) >= 11 is 0. The number of hydrazone groups is 1. The van der Waals surface area contributed by atoms with Crippen LogP contribution >= 0.6 is 0 Å². The molecular weight excluding hydrogens is 224 g/mol. The Morgan fingerprint density at radius 1 is 1.53 bits per heavy atom. The summed E-state index contributed by atoms with van der Waals surface area (Å²) in [6.07, 6.45) is 2.00. The van der Waals surface area contributed by atoms with Gasteiger partial charge in [0.15, 0.2) is 0 Å². The van der Waals surface area contributed by atoms with Crippen molar-refractivity contribution in [2.45, 2.75) is 25.8 Å². The van der Waals surface area contributed by atoms with Gasteiger partial charge in [0.05, 0.1) is 6.04 Å². The smallest absolute Gasteiger partial charge is 0.268 e. The zero-order valence-electron chi connectivity index (χ0n) is 9.23. The topological polar surface area (TPSA) is 112 Å². The number of rotatable bonds is 3. The highest BCUT2D eigenvalue weighted by Gasteiger charge is 2.20. The number of aromatic amines is 1. The molecule has 2 heterocycles. The zero-order chi connectivity index (χ0) is 12.3. The second-order valence-corrected chi connectivity index (χ2v) is 3.66. The predicted octanol–water partition coefficient (Wildman–Crippen LogP) is -0.752. The minimum atomic E-state index is -0.311. The van der Waals surface area contributed by atoms with Crippen LogP contribution in [0.5, 0.6) is 0 Å². The Bertz CT molecular complexity index is 452. The SMILES string of the molecule is CC(NC(=O)C1=NNC(=O)CC1)c1ncn[nH]1. The van der Waals surface area contributed by atoms with Crippen molar-refractivity contribution in [2.24, 2.45) is 5.10 Å². The van der Waals surface area contributed by atoms with Crippen molar-refractivity contribution in [1.29, 1.82) is 0 Å². The molecule has 17 heavy (non-hydrogen) atoms. The van der Waals surface area contributed by atoms with Crippen molar-refractivity contribution >= 4 is 17.5 Å². The largest absolute Gasteiger partial charge is 0.341 e. The van der Waals surface area contributed by atoms with Crippen LogP contribution in [0.4, 0.5) is 0 Å². The van der Waals surface area contributed by atoms with E-state index in [9.17, 15) is 9.59 Å². The maximum absolute atomic E-state index is 11.8. The van der Waals surface area contributed by atoms with Crippen LogP contribution in [0, 0.1) is 0 Å². The van der Waals surface area contributed by atoms with E-state index in [2.05, 4.69) is 31.0 Å². The number of amides is 2. The van der Waals surface area contributed by atoms with E-state index < -0.39 is 0 Å². The summed E-state index contributed by atoms with van der Waals surface area (Å²) in [5.74, 6) is 0.0810. The van der Waals surface area contributed by atoms with Gasteiger partial charge in [-0.15, -0.1) is 0 Å². The molecule has 1 aromatic heterocycles. The Hall–Kier alpha value is -2.25. The van der Waals surface area contributed by atoms with Crippen molar-refractivity contribution in [3.63, 3.8) is 0 Å². The Labute approximate surface area is 96.9 Å². The molecule has 2 rings (SSSR count). The van der Waals surface area contributed by atoms with Gasteiger partial charge in [0.25, 0.3) is 5.91 Å². The maximum Gasteiger partial charge on any atom is 0.268 e. The fourth-order valence-electron chi connectivity index (χ4n) is 1.41. The van der Waals surface area contributed by atoms with Crippen molar-refractivity contribution in [1.82, 2.24) is 25.9 Å². The first-order valence-corrected chi connectivity index (χ1v) is 5.18. The van der Waals surface area contributed by atoms with Gasteiger partial charge in [-0.2, -0.15) is 10.2 Å². The molecule has 1 unspecified atom stereocenters. The fraction of sp³-hybridized carbons (Fsp3) is 0.444. The van der Waals surface area contributed by atoms with Crippen molar-refractivity contribution in [3.05, 3.63) is 12.2 Å². The predicted molar refractivity (Wildman–Crippen MR) is 57.8 cm³/mol. The van der Waals surface area contributed by atoms with Crippen LogP contribution < -0.4 is 10.7 Å². The molecule has 90 valence electrons. The van der Waals surface area contributed by atoms with E-state index in [1.165, 1.54) is 6.33 Å². The van der Waals surface area contributed by atoms with Gasteiger partial charge < -0.3 is 5.32 Å². The van der Waals surface area contributed by atoms with Gasteiger partial charge in [0.1, 0.15) is 17.9 Å². The van der Waals surface area contributed by atoms with E-state index in [1.54, 1.807) is 6.92 Å². The molecule has 3 N–H and O–H groups in total. The highest BCUT2D eigenvalue weighted by Crippen LogP contribution is 2.06. The molecule has 1 aliphatic heterocycles. The normalized spacial score (nSPS) is 17.0. The van der Waals surface area contributed by atoms with Gasteiger partial charge in [0.2, 0.25) is 5.91 Å². The van der Waals surface area contributed by atoms with Crippen LogP contribution in [-0.4, -0.2) is 32.7 Å². The van der Waals surface area contributed by atoms with Gasteiger partial charge in [-0.25, -0.2) is 10.4 Å². The molecule has 1 aromatic rings. The lowest BCUT2D eigenvalue weighted by atomic mass is 10.1. The molecule has 0 spiro atoms. The third kappa shape index (κ3) is 2.65. The standard InChI is InChI=1S/C9H12N6O2/c1-5(8-10-4-11-15-8)12-9(17)6-2-3-7(16)14-13-6/h4-5H,2-3H2,1H3,(H,12,17)(H,14,16)(H,10,11,15). The lowest BCUT2D eigenvalue weighted by molar-refractivity contribution is -0.121. The Kier molecular flexibility index (Phi) is 3.12. The molecule has 1 aliphatic rings. The van der Waals surface area contributed by atoms with Crippen molar-refractivity contribution < 1.29 is 9.59 Å². The molecule has 2 amide bonds. The number of aromatic nitrogens is 3. The second-order valence-electron chi connectivity index (χ2n) is 3.66. The van der Waals surface area contributed by atoms with Gasteiger partial charge in [-0.3, -0.25) is 14.7 Å². The summed E-state index contributed by atoms with van der Waals surface area (Å²) in [4.78, 5) is 26.6. The third-order valence-electron chi connectivity index (χ3n) is 2.36. The summed E-state index contributed by atoms with van der Waals surface area (Å²) < 4.78 is 0. The fourth-order valence-corrected chi connectivity index (χ4v) is 1.41. The number of carbonyl (C=O) groups is 2. The molecular formula is C9H12N6O2. The molecule has 0 radical (unpaired) electrons. The van der Waals surface area contributed by atoms with Crippen LogP contribution in [0.3, 0.4) is 0 Å². The van der Waals surface area contributed by atoms with E-state index in [0.717, 1.165) is 0 Å². The van der Waals surface area contributed by atoms with Gasteiger partial charge in [-0.1, -0.05) is 0 Å². The summed E-state index contributed by atoms with van der Waals surface area (Å²) in [5.41, 5.74) is 2.59. The van der Waals surface area contributed by atoms with Crippen molar-refractivity contribution in [3.8, 4) is 0 Å². The zero-order valence-corrected chi connectivity index (χ0v) is 9.23. The Morgan fingerprint density at radius 2 is 2.35 bits per heavy atom. The molecule has 0 aliphatic carbocycles. The number of nitrogens with zero attached hydrogens (tertiary/aromatic N) is 3. The minimum Gasteiger partial charge on any atom is -0.341 e. The Balaban J connectivity index is 1.95. The molecule has 0 saturated heterocycles. The van der Waals surface area contributed by atoms with E-state index >= 15 is 0 Å². The molecule has 0 bridgehead atoms. The van der Waals surface area contributed by atoms with E-state index in [0.29, 0.717) is 18.0 Å². The molecule has 8 nitrogen and oxygen atoms in total. The van der Waals surface area contributed by atoms with Crippen LogP contribution in [0.25, 0.3) is 0 Å². The first kappa shape index (κ1) is 11.2. The van der Waals surface area contributed by atoms with E-state index in [1.807, 2.05) is 0 Å². The minimum absolute atomic E-state index is 0.176. The summed E-state index contributed by atoms with van der Waals surface area (Å²) in [7, 11) is 0. The highest BCUT2D eigenvalue weighted by molar-refractivity contribution is 6.39. The summed E-state index contributed by atoms with van der Waals surface area (Å²) in [6.45, 7) is 1.78. The van der Waals surface area contributed by atoms with Gasteiger partial charge >= 0.3 is 0 Å². The first-order valence-electron chi connectivity index (χ1n) is 5.18. The molecule has 1 atom stereocenters. The summed E-state index contributed by atoms with van der Waals surface area (Å²) in [6, 6.07) is -0.287. The summed E-state index contributed by atoms with van der Waals surface area (Å²) in [5, 5.41) is 12.8. The van der Waals surface area contributed by atoms with Crippen LogP contribution in [0.1, 0.15) is 31.6 Å².